The van der Waals surface area contributed by atoms with E-state index in [9.17, 15) is 4.39 Å². The molecule has 0 saturated carbocycles. The summed E-state index contributed by atoms with van der Waals surface area (Å²) >= 11 is 0. The lowest BCUT2D eigenvalue weighted by atomic mass is 9.98. The molecule has 3 rings (SSSR count). The molecule has 2 aromatic rings. The number of nitrogen functional groups attached to an aromatic ring is 1. The fourth-order valence-electron chi connectivity index (χ4n) is 2.93. The Balaban J connectivity index is 1.91. The molecule has 0 aliphatic carbocycles. The van der Waals surface area contributed by atoms with Gasteiger partial charge in [0.2, 0.25) is 0 Å². The SMILES string of the molecule is Cc1cc(F)ccc1CN1CCCc2c(N)cccc21. The highest BCUT2D eigenvalue weighted by molar-refractivity contribution is 5.66. The van der Waals surface area contributed by atoms with E-state index in [1.54, 1.807) is 6.07 Å². The van der Waals surface area contributed by atoms with E-state index >= 15 is 0 Å². The summed E-state index contributed by atoms with van der Waals surface area (Å²) in [6.07, 6.45) is 2.16. The van der Waals surface area contributed by atoms with E-state index in [-0.39, 0.29) is 5.82 Å². The molecule has 2 nitrogen and oxygen atoms in total. The van der Waals surface area contributed by atoms with Crippen LogP contribution in [0.25, 0.3) is 0 Å². The average molecular weight is 270 g/mol. The van der Waals surface area contributed by atoms with Gasteiger partial charge in [-0.3, -0.25) is 0 Å². The predicted molar refractivity (Wildman–Crippen MR) is 81.4 cm³/mol. The number of anilines is 2. The van der Waals surface area contributed by atoms with Crippen LogP contribution in [0.2, 0.25) is 0 Å². The molecule has 1 heterocycles. The fourth-order valence-corrected chi connectivity index (χ4v) is 2.93. The van der Waals surface area contributed by atoms with Crippen molar-refractivity contribution >= 4 is 11.4 Å². The zero-order valence-electron chi connectivity index (χ0n) is 11.7. The molecular weight excluding hydrogens is 251 g/mol. The van der Waals surface area contributed by atoms with Crippen molar-refractivity contribution in [2.45, 2.75) is 26.3 Å². The van der Waals surface area contributed by atoms with E-state index < -0.39 is 0 Å². The normalized spacial score (nSPS) is 14.2. The summed E-state index contributed by atoms with van der Waals surface area (Å²) in [5.41, 5.74) is 11.6. The monoisotopic (exact) mass is 270 g/mol. The second-order valence-corrected chi connectivity index (χ2v) is 5.44. The van der Waals surface area contributed by atoms with Crippen molar-refractivity contribution in [2.24, 2.45) is 0 Å². The highest BCUT2D eigenvalue weighted by Crippen LogP contribution is 2.32. The Hall–Kier alpha value is -2.03. The Labute approximate surface area is 119 Å². The van der Waals surface area contributed by atoms with Gasteiger partial charge in [0.25, 0.3) is 0 Å². The molecule has 0 atom stereocenters. The van der Waals surface area contributed by atoms with Gasteiger partial charge in [-0.15, -0.1) is 0 Å². The largest absolute Gasteiger partial charge is 0.398 e. The van der Waals surface area contributed by atoms with E-state index in [4.69, 9.17) is 5.73 Å². The van der Waals surface area contributed by atoms with Gasteiger partial charge in [-0.2, -0.15) is 0 Å². The van der Waals surface area contributed by atoms with E-state index in [0.717, 1.165) is 37.2 Å². The highest BCUT2D eigenvalue weighted by atomic mass is 19.1. The molecule has 0 unspecified atom stereocenters. The number of halogens is 1. The lowest BCUT2D eigenvalue weighted by molar-refractivity contribution is 0.624. The summed E-state index contributed by atoms with van der Waals surface area (Å²) in [6.45, 7) is 3.79. The molecule has 2 N–H and O–H groups in total. The van der Waals surface area contributed by atoms with Crippen LogP contribution in [0.4, 0.5) is 15.8 Å². The minimum Gasteiger partial charge on any atom is -0.398 e. The summed E-state index contributed by atoms with van der Waals surface area (Å²) in [4.78, 5) is 2.34. The van der Waals surface area contributed by atoms with E-state index in [0.29, 0.717) is 0 Å². The van der Waals surface area contributed by atoms with Crippen LogP contribution in [0.3, 0.4) is 0 Å². The van der Waals surface area contributed by atoms with Crippen LogP contribution in [0.5, 0.6) is 0 Å². The third-order valence-electron chi connectivity index (χ3n) is 4.05. The van der Waals surface area contributed by atoms with Crippen LogP contribution in [0, 0.1) is 12.7 Å². The maximum absolute atomic E-state index is 13.2. The van der Waals surface area contributed by atoms with Crippen molar-refractivity contribution in [1.82, 2.24) is 0 Å². The Kier molecular flexibility index (Phi) is 3.35. The molecule has 0 radical (unpaired) electrons. The average Bonchev–Trinajstić information content (AvgIpc) is 2.43. The molecule has 1 aliphatic heterocycles. The molecular formula is C17H19FN2. The van der Waals surface area contributed by atoms with Crippen LogP contribution in [0.1, 0.15) is 23.1 Å². The molecule has 1 aliphatic rings. The topological polar surface area (TPSA) is 29.3 Å². The van der Waals surface area contributed by atoms with Gasteiger partial charge in [0.05, 0.1) is 0 Å². The van der Waals surface area contributed by atoms with Gasteiger partial charge in [0.1, 0.15) is 5.82 Å². The lowest BCUT2D eigenvalue weighted by Gasteiger charge is -2.32. The summed E-state index contributed by atoms with van der Waals surface area (Å²) in [5.74, 6) is -0.172. The van der Waals surface area contributed by atoms with E-state index in [1.807, 2.05) is 25.1 Å². The zero-order chi connectivity index (χ0) is 14.1. The lowest BCUT2D eigenvalue weighted by Crippen LogP contribution is -2.29. The van der Waals surface area contributed by atoms with Crippen LogP contribution < -0.4 is 10.6 Å². The first-order valence-corrected chi connectivity index (χ1v) is 7.02. The van der Waals surface area contributed by atoms with Gasteiger partial charge in [-0.25, -0.2) is 4.39 Å². The van der Waals surface area contributed by atoms with Crippen molar-refractivity contribution < 1.29 is 4.39 Å². The van der Waals surface area contributed by atoms with Crippen LogP contribution in [-0.2, 0) is 13.0 Å². The van der Waals surface area contributed by atoms with E-state index in [1.165, 1.54) is 22.9 Å². The molecule has 2 aromatic carbocycles. The first-order chi connectivity index (χ1) is 9.65. The molecule has 0 amide bonds. The number of hydrogen-bond donors (Lipinski definition) is 1. The smallest absolute Gasteiger partial charge is 0.123 e. The van der Waals surface area contributed by atoms with Crippen LogP contribution >= 0.6 is 0 Å². The van der Waals surface area contributed by atoms with Crippen molar-refractivity contribution in [3.8, 4) is 0 Å². The summed E-state index contributed by atoms with van der Waals surface area (Å²) in [6, 6.07) is 11.1. The number of aryl methyl sites for hydroxylation is 1. The maximum atomic E-state index is 13.2. The Bertz CT molecular complexity index is 637. The molecule has 3 heteroatoms. The maximum Gasteiger partial charge on any atom is 0.123 e. The zero-order valence-corrected chi connectivity index (χ0v) is 11.7. The van der Waals surface area contributed by atoms with Crippen molar-refractivity contribution in [2.75, 3.05) is 17.2 Å². The second kappa shape index (κ2) is 5.16. The van der Waals surface area contributed by atoms with Gasteiger partial charge in [0, 0.05) is 24.5 Å². The number of hydrogen-bond acceptors (Lipinski definition) is 2. The van der Waals surface area contributed by atoms with Crippen molar-refractivity contribution in [3.63, 3.8) is 0 Å². The van der Waals surface area contributed by atoms with Gasteiger partial charge < -0.3 is 10.6 Å². The Morgan fingerprint density at radius 1 is 1.25 bits per heavy atom. The first kappa shape index (κ1) is 13.0. The fraction of sp³-hybridized carbons (Fsp3) is 0.294. The van der Waals surface area contributed by atoms with Crippen LogP contribution in [-0.4, -0.2) is 6.54 Å². The highest BCUT2D eigenvalue weighted by Gasteiger charge is 2.19. The van der Waals surface area contributed by atoms with Crippen LogP contribution in [0.15, 0.2) is 36.4 Å². The third-order valence-corrected chi connectivity index (χ3v) is 4.05. The number of nitrogens with two attached hydrogens (primary N) is 1. The van der Waals surface area contributed by atoms with Gasteiger partial charge in [0.15, 0.2) is 0 Å². The summed E-state index contributed by atoms with van der Waals surface area (Å²) in [7, 11) is 0. The van der Waals surface area contributed by atoms with Gasteiger partial charge in [-0.05, 0) is 60.7 Å². The minimum absolute atomic E-state index is 0.172. The summed E-state index contributed by atoms with van der Waals surface area (Å²) in [5, 5.41) is 0. The van der Waals surface area contributed by atoms with Gasteiger partial charge >= 0.3 is 0 Å². The quantitative estimate of drug-likeness (QED) is 0.844. The molecule has 0 aromatic heterocycles. The number of fused-ring (bicyclic) bond motifs is 1. The van der Waals surface area contributed by atoms with E-state index in [2.05, 4.69) is 11.0 Å². The molecule has 104 valence electrons. The molecule has 0 spiro atoms. The molecule has 0 saturated heterocycles. The Morgan fingerprint density at radius 2 is 2.10 bits per heavy atom. The van der Waals surface area contributed by atoms with Crippen molar-refractivity contribution in [1.29, 1.82) is 0 Å². The standard InChI is InChI=1S/C17H19FN2/c1-12-10-14(18)8-7-13(12)11-20-9-3-4-15-16(19)5-2-6-17(15)20/h2,5-8,10H,3-4,9,11,19H2,1H3. The number of benzene rings is 2. The Morgan fingerprint density at radius 3 is 2.90 bits per heavy atom. The number of nitrogens with zero attached hydrogens (tertiary/aromatic N) is 1. The third kappa shape index (κ3) is 2.36. The predicted octanol–water partition coefficient (Wildman–Crippen LogP) is 3.67. The van der Waals surface area contributed by atoms with Crippen molar-refractivity contribution in [3.05, 3.63) is 58.9 Å². The van der Waals surface area contributed by atoms with Gasteiger partial charge in [-0.1, -0.05) is 12.1 Å². The molecule has 20 heavy (non-hydrogen) atoms. The molecule has 0 bridgehead atoms. The number of rotatable bonds is 2. The summed E-state index contributed by atoms with van der Waals surface area (Å²) < 4.78 is 13.2. The molecule has 0 fully saturated rings. The first-order valence-electron chi connectivity index (χ1n) is 7.02. The minimum atomic E-state index is -0.172. The second-order valence-electron chi connectivity index (χ2n) is 5.44.